The van der Waals surface area contributed by atoms with E-state index >= 15 is 0 Å². The van der Waals surface area contributed by atoms with Crippen LogP contribution in [0.5, 0.6) is 0 Å². The Balaban J connectivity index is 1.71. The van der Waals surface area contributed by atoms with Gasteiger partial charge in [-0.2, -0.15) is 13.2 Å². The minimum absolute atomic E-state index is 0.246. The average molecular weight is 409 g/mol. The molecule has 0 aliphatic carbocycles. The standard InChI is InChI=1S/C22H18F3N5/c1-13(2)28-19-12-30-11-15(5-8-20(30)29-19)16-9-18(21(26)27-10-16)14-3-6-17(7-4-14)22(23,24)25/h3-12,28H,1H2,2H3,(H2,26,27). The molecule has 3 aromatic heterocycles. The van der Waals surface area contributed by atoms with Gasteiger partial charge in [0.15, 0.2) is 0 Å². The molecule has 152 valence electrons. The van der Waals surface area contributed by atoms with Gasteiger partial charge in [-0.3, -0.25) is 0 Å². The first-order valence-corrected chi connectivity index (χ1v) is 9.05. The fourth-order valence-corrected chi connectivity index (χ4v) is 3.14. The fourth-order valence-electron chi connectivity index (χ4n) is 3.14. The number of alkyl halides is 3. The van der Waals surface area contributed by atoms with E-state index in [9.17, 15) is 13.2 Å². The summed E-state index contributed by atoms with van der Waals surface area (Å²) in [6, 6.07) is 10.5. The van der Waals surface area contributed by atoms with Gasteiger partial charge in [0.1, 0.15) is 17.3 Å². The van der Waals surface area contributed by atoms with Crippen LogP contribution in [0.15, 0.2) is 73.3 Å². The molecule has 0 bridgehead atoms. The van der Waals surface area contributed by atoms with Crippen LogP contribution in [-0.2, 0) is 6.18 Å². The summed E-state index contributed by atoms with van der Waals surface area (Å²) in [5.41, 5.74) is 9.60. The molecule has 0 saturated carbocycles. The van der Waals surface area contributed by atoms with Gasteiger partial charge in [0, 0.05) is 34.8 Å². The summed E-state index contributed by atoms with van der Waals surface area (Å²) in [5.74, 6) is 0.927. The van der Waals surface area contributed by atoms with E-state index in [1.165, 1.54) is 12.1 Å². The zero-order chi connectivity index (χ0) is 21.5. The summed E-state index contributed by atoms with van der Waals surface area (Å²) in [4.78, 5) is 8.69. The van der Waals surface area contributed by atoms with Crippen LogP contribution in [0.25, 0.3) is 27.9 Å². The van der Waals surface area contributed by atoms with Crippen molar-refractivity contribution >= 4 is 17.3 Å². The third kappa shape index (κ3) is 3.84. The van der Waals surface area contributed by atoms with Gasteiger partial charge in [-0.05, 0) is 42.8 Å². The van der Waals surface area contributed by atoms with Crippen LogP contribution in [0.1, 0.15) is 12.5 Å². The van der Waals surface area contributed by atoms with Gasteiger partial charge in [-0.25, -0.2) is 9.97 Å². The number of allylic oxidation sites excluding steroid dienone is 1. The highest BCUT2D eigenvalue weighted by Gasteiger charge is 2.30. The molecule has 0 amide bonds. The lowest BCUT2D eigenvalue weighted by atomic mass is 10.0. The molecule has 0 fully saturated rings. The second-order valence-corrected chi connectivity index (χ2v) is 6.95. The number of nitrogen functional groups attached to an aromatic ring is 1. The van der Waals surface area contributed by atoms with Crippen molar-refractivity contribution < 1.29 is 13.2 Å². The number of rotatable bonds is 4. The highest BCUT2D eigenvalue weighted by Crippen LogP contribution is 2.33. The number of nitrogens with two attached hydrogens (primary N) is 1. The zero-order valence-electron chi connectivity index (χ0n) is 16.0. The molecule has 0 radical (unpaired) electrons. The number of hydrogen-bond acceptors (Lipinski definition) is 4. The average Bonchev–Trinajstić information content (AvgIpc) is 3.08. The summed E-state index contributed by atoms with van der Waals surface area (Å²) in [6.07, 6.45) is 0.987. The second kappa shape index (κ2) is 7.22. The number of nitrogens with one attached hydrogen (secondary N) is 1. The molecule has 0 unspecified atom stereocenters. The first kappa shape index (κ1) is 19.5. The number of fused-ring (bicyclic) bond motifs is 1. The third-order valence-corrected chi connectivity index (χ3v) is 4.57. The Labute approximate surface area is 170 Å². The van der Waals surface area contributed by atoms with E-state index in [4.69, 9.17) is 5.73 Å². The summed E-state index contributed by atoms with van der Waals surface area (Å²) < 4.78 is 40.4. The van der Waals surface area contributed by atoms with Gasteiger partial charge in [-0.15, -0.1) is 0 Å². The predicted octanol–water partition coefficient (Wildman–Crippen LogP) is 5.61. The fraction of sp³-hybridized carbons (Fsp3) is 0.0909. The van der Waals surface area contributed by atoms with Gasteiger partial charge in [-0.1, -0.05) is 18.7 Å². The number of halogens is 3. The lowest BCUT2D eigenvalue weighted by Gasteiger charge is -2.11. The Morgan fingerprint density at radius 3 is 2.40 bits per heavy atom. The van der Waals surface area contributed by atoms with Crippen LogP contribution in [0.3, 0.4) is 0 Å². The van der Waals surface area contributed by atoms with E-state index < -0.39 is 11.7 Å². The molecule has 30 heavy (non-hydrogen) atoms. The molecule has 1 aromatic carbocycles. The van der Waals surface area contributed by atoms with Crippen LogP contribution < -0.4 is 11.1 Å². The minimum Gasteiger partial charge on any atom is -0.383 e. The first-order chi connectivity index (χ1) is 14.2. The Morgan fingerprint density at radius 2 is 1.73 bits per heavy atom. The molecule has 4 rings (SSSR count). The van der Waals surface area contributed by atoms with E-state index in [2.05, 4.69) is 21.9 Å². The van der Waals surface area contributed by atoms with Crippen molar-refractivity contribution in [2.45, 2.75) is 13.1 Å². The highest BCUT2D eigenvalue weighted by molar-refractivity contribution is 5.79. The molecule has 4 aromatic rings. The van der Waals surface area contributed by atoms with E-state index in [-0.39, 0.29) is 5.82 Å². The molecular formula is C22H18F3N5. The maximum atomic E-state index is 12.8. The highest BCUT2D eigenvalue weighted by atomic mass is 19.4. The summed E-state index contributed by atoms with van der Waals surface area (Å²) >= 11 is 0. The normalized spacial score (nSPS) is 11.6. The molecule has 0 spiro atoms. The van der Waals surface area contributed by atoms with Crippen molar-refractivity contribution in [1.29, 1.82) is 0 Å². The number of benzene rings is 1. The monoisotopic (exact) mass is 409 g/mol. The minimum atomic E-state index is -4.39. The second-order valence-electron chi connectivity index (χ2n) is 6.95. The van der Waals surface area contributed by atoms with Crippen LogP contribution in [0, 0.1) is 0 Å². The van der Waals surface area contributed by atoms with Crippen LogP contribution in [0.2, 0.25) is 0 Å². The number of anilines is 2. The van der Waals surface area contributed by atoms with Crippen LogP contribution >= 0.6 is 0 Å². The molecule has 0 aliphatic rings. The van der Waals surface area contributed by atoms with Crippen molar-refractivity contribution in [1.82, 2.24) is 14.4 Å². The first-order valence-electron chi connectivity index (χ1n) is 9.05. The molecule has 8 heteroatoms. The summed E-state index contributed by atoms with van der Waals surface area (Å²) in [6.45, 7) is 5.65. The number of imidazole rings is 1. The van der Waals surface area contributed by atoms with Gasteiger partial charge < -0.3 is 15.5 Å². The smallest absolute Gasteiger partial charge is 0.383 e. The number of pyridine rings is 2. The molecule has 3 N–H and O–H groups in total. The van der Waals surface area contributed by atoms with Crippen molar-refractivity contribution in [3.8, 4) is 22.3 Å². The van der Waals surface area contributed by atoms with Crippen molar-refractivity contribution in [2.24, 2.45) is 0 Å². The van der Waals surface area contributed by atoms with Gasteiger partial charge >= 0.3 is 6.18 Å². The molecule has 3 heterocycles. The SMILES string of the molecule is C=C(C)Nc1cn2cc(-c3cnc(N)c(-c4ccc(C(F)(F)F)cc4)c3)ccc2n1. The molecule has 0 aliphatic heterocycles. The van der Waals surface area contributed by atoms with Gasteiger partial charge in [0.05, 0.1) is 11.8 Å². The molecule has 0 atom stereocenters. The summed E-state index contributed by atoms with van der Waals surface area (Å²) in [7, 11) is 0. The van der Waals surface area contributed by atoms with E-state index in [0.29, 0.717) is 16.9 Å². The lowest BCUT2D eigenvalue weighted by molar-refractivity contribution is -0.137. The predicted molar refractivity (Wildman–Crippen MR) is 112 cm³/mol. The maximum absolute atomic E-state index is 12.8. The molecule has 5 nitrogen and oxygen atoms in total. The Bertz CT molecular complexity index is 1240. The van der Waals surface area contributed by atoms with Gasteiger partial charge in [0.2, 0.25) is 0 Å². The topological polar surface area (TPSA) is 68.2 Å². The lowest BCUT2D eigenvalue weighted by Crippen LogP contribution is -2.04. The van der Waals surface area contributed by atoms with Crippen molar-refractivity contribution in [2.75, 3.05) is 11.1 Å². The van der Waals surface area contributed by atoms with E-state index in [1.807, 2.05) is 41.9 Å². The Hall–Kier alpha value is -3.81. The number of hydrogen-bond donors (Lipinski definition) is 2. The van der Waals surface area contributed by atoms with Crippen molar-refractivity contribution in [3.63, 3.8) is 0 Å². The molecule has 0 saturated heterocycles. The largest absolute Gasteiger partial charge is 0.416 e. The van der Waals surface area contributed by atoms with E-state index in [1.54, 1.807) is 6.20 Å². The number of aromatic nitrogens is 3. The molecular weight excluding hydrogens is 391 g/mol. The van der Waals surface area contributed by atoms with Crippen molar-refractivity contribution in [3.05, 3.63) is 78.9 Å². The van der Waals surface area contributed by atoms with Crippen LogP contribution in [-0.4, -0.2) is 14.4 Å². The van der Waals surface area contributed by atoms with E-state index in [0.717, 1.165) is 34.6 Å². The Kier molecular flexibility index (Phi) is 4.69. The maximum Gasteiger partial charge on any atom is 0.416 e. The third-order valence-electron chi connectivity index (χ3n) is 4.57. The van der Waals surface area contributed by atoms with Crippen LogP contribution in [0.4, 0.5) is 24.8 Å². The van der Waals surface area contributed by atoms with Gasteiger partial charge in [0.25, 0.3) is 0 Å². The zero-order valence-corrected chi connectivity index (χ0v) is 16.0. The Morgan fingerprint density at radius 1 is 1.03 bits per heavy atom. The summed E-state index contributed by atoms with van der Waals surface area (Å²) in [5, 5.41) is 3.07. The number of nitrogens with zero attached hydrogens (tertiary/aromatic N) is 3. The quantitative estimate of drug-likeness (QED) is 0.460.